The summed E-state index contributed by atoms with van der Waals surface area (Å²) >= 11 is 0. The molecule has 0 spiro atoms. The largest absolute Gasteiger partial charge is 0.492 e. The second-order valence-corrected chi connectivity index (χ2v) is 5.77. The van der Waals surface area contributed by atoms with Gasteiger partial charge in [0.05, 0.1) is 12.7 Å². The Morgan fingerprint density at radius 3 is 2.65 bits per heavy atom. The molecule has 0 bridgehead atoms. The number of rotatable bonds is 6. The van der Waals surface area contributed by atoms with Crippen LogP contribution in [0.2, 0.25) is 0 Å². The van der Waals surface area contributed by atoms with E-state index >= 15 is 0 Å². The summed E-state index contributed by atoms with van der Waals surface area (Å²) in [5.41, 5.74) is 1.49. The Morgan fingerprint density at radius 1 is 1.27 bits per heavy atom. The maximum Gasteiger partial charge on any atom is 0.407 e. The second-order valence-electron chi connectivity index (χ2n) is 5.77. The van der Waals surface area contributed by atoms with Crippen molar-refractivity contribution in [1.82, 2.24) is 15.1 Å². The molecule has 2 aromatic rings. The molecule has 1 aliphatic rings. The molecule has 2 N–H and O–H groups in total. The molecule has 0 saturated heterocycles. The van der Waals surface area contributed by atoms with Crippen LogP contribution >= 0.6 is 0 Å². The fraction of sp³-hybridized carbons (Fsp3) is 0.222. The smallest absolute Gasteiger partial charge is 0.407 e. The third kappa shape index (κ3) is 3.34. The van der Waals surface area contributed by atoms with Crippen LogP contribution in [0, 0.1) is 0 Å². The number of aromatic amines is 1. The number of fused-ring (bicyclic) bond motifs is 1. The lowest BCUT2D eigenvalue weighted by molar-refractivity contribution is 0.0912. The van der Waals surface area contributed by atoms with Gasteiger partial charge in [0.25, 0.3) is 0 Å². The zero-order chi connectivity index (χ0) is 18.7. The van der Waals surface area contributed by atoms with Gasteiger partial charge in [0.1, 0.15) is 5.69 Å². The predicted molar refractivity (Wildman–Crippen MR) is 90.9 cm³/mol. The van der Waals surface area contributed by atoms with Gasteiger partial charge in [-0.2, -0.15) is 5.10 Å². The van der Waals surface area contributed by atoms with Crippen LogP contribution < -0.4 is 0 Å². The van der Waals surface area contributed by atoms with Crippen molar-refractivity contribution in [3.63, 3.8) is 0 Å². The maximum absolute atomic E-state index is 12.3. The van der Waals surface area contributed by atoms with Crippen LogP contribution in [0.4, 0.5) is 4.79 Å². The van der Waals surface area contributed by atoms with Gasteiger partial charge in [-0.05, 0) is 5.56 Å². The molecule has 1 amide bonds. The van der Waals surface area contributed by atoms with Crippen LogP contribution in [-0.4, -0.2) is 51.5 Å². The highest BCUT2D eigenvalue weighted by molar-refractivity contribution is 6.23. The van der Waals surface area contributed by atoms with E-state index in [-0.39, 0.29) is 42.3 Å². The average molecular weight is 355 g/mol. The fourth-order valence-corrected chi connectivity index (χ4v) is 2.81. The van der Waals surface area contributed by atoms with Crippen molar-refractivity contribution in [2.24, 2.45) is 0 Å². The number of carboxylic acid groups (broad SMARTS) is 1. The second kappa shape index (κ2) is 7.22. The minimum absolute atomic E-state index is 0.00860. The Bertz CT molecular complexity index is 885. The van der Waals surface area contributed by atoms with Crippen molar-refractivity contribution >= 4 is 17.7 Å². The lowest BCUT2D eigenvalue weighted by Gasteiger charge is -2.19. The number of hydrogen-bond acceptors (Lipinski definition) is 5. The fourth-order valence-electron chi connectivity index (χ4n) is 2.81. The topological polar surface area (TPSA) is 113 Å². The van der Waals surface area contributed by atoms with Crippen molar-refractivity contribution < 1.29 is 24.2 Å². The molecule has 0 aliphatic heterocycles. The van der Waals surface area contributed by atoms with Gasteiger partial charge in [0.15, 0.2) is 11.5 Å². The molecule has 1 heterocycles. The molecule has 1 aliphatic carbocycles. The highest BCUT2D eigenvalue weighted by atomic mass is 16.5. The number of methoxy groups -OCH3 is 1. The van der Waals surface area contributed by atoms with Gasteiger partial charge in [0, 0.05) is 31.3 Å². The number of ether oxygens (including phenoxy) is 1. The number of nitrogens with one attached hydrogen (secondary N) is 1. The lowest BCUT2D eigenvalue weighted by Crippen LogP contribution is -2.31. The van der Waals surface area contributed by atoms with E-state index in [0.29, 0.717) is 5.69 Å². The Hall–Kier alpha value is -3.42. The van der Waals surface area contributed by atoms with Crippen LogP contribution in [0.1, 0.15) is 32.1 Å². The number of Topliss-reactive ketones (excluding diaryl/α,β-unsaturated/α-hetero) is 1. The molecule has 0 atom stereocenters. The Balaban J connectivity index is 1.76. The van der Waals surface area contributed by atoms with Gasteiger partial charge in [-0.1, -0.05) is 30.3 Å². The minimum atomic E-state index is -1.06. The summed E-state index contributed by atoms with van der Waals surface area (Å²) in [4.78, 5) is 37.2. The van der Waals surface area contributed by atoms with Gasteiger partial charge in [0.2, 0.25) is 5.78 Å². The van der Waals surface area contributed by atoms with Crippen LogP contribution in [0.5, 0.6) is 0 Å². The van der Waals surface area contributed by atoms with E-state index in [1.54, 1.807) is 0 Å². The average Bonchev–Trinajstić information content (AvgIpc) is 3.07. The van der Waals surface area contributed by atoms with Crippen LogP contribution in [-0.2, 0) is 17.7 Å². The van der Waals surface area contributed by atoms with Crippen LogP contribution in [0.15, 0.2) is 42.2 Å². The van der Waals surface area contributed by atoms with Crippen LogP contribution in [0.3, 0.4) is 0 Å². The number of nitrogens with zero attached hydrogens (tertiary/aromatic N) is 2. The lowest BCUT2D eigenvalue weighted by atomic mass is 9.97. The van der Waals surface area contributed by atoms with Gasteiger partial charge in [-0.15, -0.1) is 0 Å². The normalized spacial score (nSPS) is 13.2. The first-order chi connectivity index (χ1) is 12.5. The standard InChI is InChI=1S/C18H17N3O5/c1-26-14-9-13(22)15-12(19-20-16(15)17(14)23)7-8-21(18(24)25)10-11-5-3-2-4-6-11/h2-6,9H,7-8,10H2,1H3,(H,19,20)(H,24,25). The molecule has 0 saturated carbocycles. The van der Waals surface area contributed by atoms with E-state index in [1.807, 2.05) is 30.3 Å². The SMILES string of the molecule is COC1=CC(=O)c2c(n[nH]c2CCN(Cc2ccccc2)C(=O)O)C1=O. The van der Waals surface area contributed by atoms with E-state index in [4.69, 9.17) is 4.74 Å². The third-order valence-corrected chi connectivity index (χ3v) is 4.13. The van der Waals surface area contributed by atoms with Crippen molar-refractivity contribution in [2.45, 2.75) is 13.0 Å². The number of carbonyl (C=O) groups excluding carboxylic acids is 2. The van der Waals surface area contributed by atoms with Crippen molar-refractivity contribution in [1.29, 1.82) is 0 Å². The number of ketones is 2. The summed E-state index contributed by atoms with van der Waals surface area (Å²) < 4.78 is 4.89. The molecule has 26 heavy (non-hydrogen) atoms. The first-order valence-corrected chi connectivity index (χ1v) is 7.95. The molecule has 0 radical (unpaired) electrons. The molecule has 1 aromatic heterocycles. The predicted octanol–water partition coefficient (Wildman–Crippen LogP) is 2.04. The summed E-state index contributed by atoms with van der Waals surface area (Å²) in [6, 6.07) is 9.21. The first kappa shape index (κ1) is 17.4. The van der Waals surface area contributed by atoms with E-state index in [9.17, 15) is 19.5 Å². The van der Waals surface area contributed by atoms with Crippen molar-refractivity contribution in [3.8, 4) is 0 Å². The molecular formula is C18H17N3O5. The zero-order valence-electron chi connectivity index (χ0n) is 14.1. The highest BCUT2D eigenvalue weighted by Gasteiger charge is 2.32. The first-order valence-electron chi connectivity index (χ1n) is 7.95. The molecular weight excluding hydrogens is 338 g/mol. The Kier molecular flexibility index (Phi) is 4.83. The van der Waals surface area contributed by atoms with Crippen molar-refractivity contribution in [3.05, 3.63) is 64.7 Å². The summed E-state index contributed by atoms with van der Waals surface area (Å²) in [6.45, 7) is 0.383. The number of benzene rings is 1. The minimum Gasteiger partial charge on any atom is -0.492 e. The Labute approximate surface area is 149 Å². The Morgan fingerprint density at radius 2 is 2.00 bits per heavy atom. The molecule has 8 nitrogen and oxygen atoms in total. The molecule has 0 fully saturated rings. The van der Waals surface area contributed by atoms with Gasteiger partial charge < -0.3 is 14.7 Å². The summed E-state index contributed by atoms with van der Waals surface area (Å²) in [7, 11) is 1.31. The number of amides is 1. The number of hydrogen-bond donors (Lipinski definition) is 2. The number of allylic oxidation sites excluding steroid dienone is 2. The van der Waals surface area contributed by atoms with Crippen LogP contribution in [0.25, 0.3) is 0 Å². The van der Waals surface area contributed by atoms with E-state index in [1.165, 1.54) is 12.0 Å². The zero-order valence-corrected chi connectivity index (χ0v) is 14.1. The molecule has 0 unspecified atom stereocenters. The van der Waals surface area contributed by atoms with Gasteiger partial charge in [-0.25, -0.2) is 4.79 Å². The summed E-state index contributed by atoms with van der Waals surface area (Å²) in [5, 5.41) is 16.0. The van der Waals surface area contributed by atoms with E-state index < -0.39 is 11.9 Å². The molecule has 134 valence electrons. The quantitative estimate of drug-likeness (QED) is 0.820. The van der Waals surface area contributed by atoms with Gasteiger partial charge >= 0.3 is 6.09 Å². The van der Waals surface area contributed by atoms with Gasteiger partial charge in [-0.3, -0.25) is 14.7 Å². The summed E-state index contributed by atoms with van der Waals surface area (Å²) in [6.07, 6.45) is 0.297. The molecule has 3 rings (SSSR count). The molecule has 8 heteroatoms. The van der Waals surface area contributed by atoms with E-state index in [2.05, 4.69) is 10.2 Å². The number of H-pyrrole nitrogens is 1. The summed E-state index contributed by atoms with van der Waals surface area (Å²) in [5.74, 6) is -0.911. The molecule has 1 aromatic carbocycles. The monoisotopic (exact) mass is 355 g/mol. The maximum atomic E-state index is 12.3. The number of aromatic nitrogens is 2. The van der Waals surface area contributed by atoms with E-state index in [0.717, 1.165) is 11.6 Å². The number of carbonyl (C=O) groups is 3. The highest BCUT2D eigenvalue weighted by Crippen LogP contribution is 2.23. The third-order valence-electron chi connectivity index (χ3n) is 4.13. The van der Waals surface area contributed by atoms with Crippen molar-refractivity contribution in [2.75, 3.05) is 13.7 Å².